The molecule has 1 aliphatic rings. The number of aromatic nitrogens is 2. The molecule has 0 aliphatic carbocycles. The number of sulfonamides is 1. The molecule has 1 fully saturated rings. The van der Waals surface area contributed by atoms with Gasteiger partial charge in [0.25, 0.3) is 10.0 Å². The largest absolute Gasteiger partial charge is 0.391 e. The average molecular weight is 325 g/mol. The van der Waals surface area contributed by atoms with Gasteiger partial charge in [-0.05, 0) is 17.7 Å². The maximum atomic E-state index is 13.0. The van der Waals surface area contributed by atoms with E-state index in [2.05, 4.69) is 4.98 Å². The van der Waals surface area contributed by atoms with Crippen LogP contribution >= 0.6 is 0 Å². The Kier molecular flexibility index (Phi) is 3.75. The van der Waals surface area contributed by atoms with E-state index >= 15 is 0 Å². The number of hydrogen-bond acceptors (Lipinski definition) is 4. The Hall–Kier alpha value is -1.77. The Labute approximate surface area is 127 Å². The first-order valence-electron chi connectivity index (χ1n) is 6.79. The van der Waals surface area contributed by atoms with E-state index < -0.39 is 16.1 Å². The van der Waals surface area contributed by atoms with Gasteiger partial charge in [0.05, 0.1) is 12.4 Å². The van der Waals surface area contributed by atoms with Crippen LogP contribution in [0.2, 0.25) is 0 Å². The minimum Gasteiger partial charge on any atom is -0.391 e. The van der Waals surface area contributed by atoms with Crippen molar-refractivity contribution in [2.75, 3.05) is 13.1 Å². The van der Waals surface area contributed by atoms with Crippen molar-refractivity contribution in [3.05, 3.63) is 48.2 Å². The molecule has 2 heterocycles. The van der Waals surface area contributed by atoms with Gasteiger partial charge in [-0.25, -0.2) is 17.8 Å². The molecular formula is C14H16FN3O3S. The van der Waals surface area contributed by atoms with Crippen LogP contribution in [0.25, 0.3) is 0 Å². The van der Waals surface area contributed by atoms with Crippen LogP contribution in [0.3, 0.4) is 0 Å². The van der Waals surface area contributed by atoms with E-state index in [1.54, 1.807) is 23.7 Å². The zero-order chi connectivity index (χ0) is 15.9. The summed E-state index contributed by atoms with van der Waals surface area (Å²) in [5, 5.41) is 10.1. The second kappa shape index (κ2) is 5.45. The van der Waals surface area contributed by atoms with Gasteiger partial charge in [-0.15, -0.1) is 0 Å². The number of β-amino-alcohol motifs (C(OH)–C–C–N with tert-alkyl or cyclic N) is 1. The van der Waals surface area contributed by atoms with Gasteiger partial charge in [-0.2, -0.15) is 4.31 Å². The SMILES string of the molecule is Cn1cnc(S(=O)(=O)N2CC(O)C(c3ccc(F)cc3)C2)c1. The predicted octanol–water partition coefficient (Wildman–Crippen LogP) is 0.708. The molecule has 3 rings (SSSR count). The Bertz CT molecular complexity index is 773. The molecule has 1 aromatic carbocycles. The van der Waals surface area contributed by atoms with Crippen LogP contribution in [0.15, 0.2) is 41.8 Å². The third kappa shape index (κ3) is 2.65. The van der Waals surface area contributed by atoms with Crippen molar-refractivity contribution in [2.45, 2.75) is 17.0 Å². The highest BCUT2D eigenvalue weighted by atomic mass is 32.2. The number of aliphatic hydroxyl groups excluding tert-OH is 1. The molecule has 1 N–H and O–H groups in total. The lowest BCUT2D eigenvalue weighted by atomic mass is 9.96. The van der Waals surface area contributed by atoms with Crippen LogP contribution in [-0.4, -0.2) is 46.6 Å². The molecule has 0 radical (unpaired) electrons. The standard InChI is InChI=1S/C14H16FN3O3S/c1-17-8-14(16-9-17)22(20,21)18-6-12(13(19)7-18)10-2-4-11(15)5-3-10/h2-5,8-9,12-13,19H,6-7H2,1H3. The number of aliphatic hydroxyl groups is 1. The van der Waals surface area contributed by atoms with Gasteiger partial charge in [-0.3, -0.25) is 0 Å². The van der Waals surface area contributed by atoms with Crippen molar-refractivity contribution in [1.82, 2.24) is 13.9 Å². The van der Waals surface area contributed by atoms with E-state index in [1.807, 2.05) is 0 Å². The average Bonchev–Trinajstić information content (AvgIpc) is 3.07. The number of hydrogen-bond donors (Lipinski definition) is 1. The van der Waals surface area contributed by atoms with E-state index in [1.165, 1.54) is 29.0 Å². The maximum Gasteiger partial charge on any atom is 0.262 e. The first-order chi connectivity index (χ1) is 10.4. The molecule has 8 heteroatoms. The molecule has 2 atom stereocenters. The first-order valence-corrected chi connectivity index (χ1v) is 8.23. The van der Waals surface area contributed by atoms with Gasteiger partial charge >= 0.3 is 0 Å². The van der Waals surface area contributed by atoms with Gasteiger partial charge in [0.15, 0.2) is 5.03 Å². The van der Waals surface area contributed by atoms with Crippen molar-refractivity contribution in [3.63, 3.8) is 0 Å². The predicted molar refractivity (Wildman–Crippen MR) is 77.1 cm³/mol. The normalized spacial score (nSPS) is 23.0. The molecule has 0 bridgehead atoms. The molecule has 0 saturated carbocycles. The van der Waals surface area contributed by atoms with Crippen LogP contribution in [0.4, 0.5) is 4.39 Å². The molecular weight excluding hydrogens is 309 g/mol. The van der Waals surface area contributed by atoms with Crippen LogP contribution in [0.5, 0.6) is 0 Å². The highest BCUT2D eigenvalue weighted by molar-refractivity contribution is 7.89. The van der Waals surface area contributed by atoms with Gasteiger partial charge < -0.3 is 9.67 Å². The third-order valence-electron chi connectivity index (χ3n) is 3.84. The van der Waals surface area contributed by atoms with E-state index in [0.29, 0.717) is 5.56 Å². The maximum absolute atomic E-state index is 13.0. The summed E-state index contributed by atoms with van der Waals surface area (Å²) in [4.78, 5) is 3.87. The lowest BCUT2D eigenvalue weighted by Gasteiger charge is -2.15. The number of benzene rings is 1. The van der Waals surface area contributed by atoms with E-state index in [-0.39, 0.29) is 29.9 Å². The fraction of sp³-hybridized carbons (Fsp3) is 0.357. The first kappa shape index (κ1) is 15.1. The molecule has 22 heavy (non-hydrogen) atoms. The Morgan fingerprint density at radius 1 is 1.27 bits per heavy atom. The molecule has 1 aromatic heterocycles. The lowest BCUT2D eigenvalue weighted by Crippen LogP contribution is -2.30. The fourth-order valence-electron chi connectivity index (χ4n) is 2.64. The van der Waals surface area contributed by atoms with Crippen molar-refractivity contribution in [2.24, 2.45) is 7.05 Å². The minimum atomic E-state index is -3.73. The summed E-state index contributed by atoms with van der Waals surface area (Å²) in [5.74, 6) is -0.742. The summed E-state index contributed by atoms with van der Waals surface area (Å²) in [6, 6.07) is 5.75. The Morgan fingerprint density at radius 2 is 1.95 bits per heavy atom. The molecule has 2 unspecified atom stereocenters. The Morgan fingerprint density at radius 3 is 2.55 bits per heavy atom. The molecule has 0 spiro atoms. The highest BCUT2D eigenvalue weighted by Gasteiger charge is 2.40. The lowest BCUT2D eigenvalue weighted by molar-refractivity contribution is 0.173. The van der Waals surface area contributed by atoms with E-state index in [4.69, 9.17) is 0 Å². The van der Waals surface area contributed by atoms with Crippen LogP contribution in [0, 0.1) is 5.82 Å². The van der Waals surface area contributed by atoms with E-state index in [9.17, 15) is 17.9 Å². The number of nitrogens with zero attached hydrogens (tertiary/aromatic N) is 3. The molecule has 2 aromatic rings. The summed E-state index contributed by atoms with van der Waals surface area (Å²) in [7, 11) is -2.05. The molecule has 1 saturated heterocycles. The van der Waals surface area contributed by atoms with Crippen LogP contribution < -0.4 is 0 Å². The summed E-state index contributed by atoms with van der Waals surface area (Å²) in [5.41, 5.74) is 0.715. The van der Waals surface area contributed by atoms with Gasteiger partial charge in [0.2, 0.25) is 0 Å². The quantitative estimate of drug-likeness (QED) is 0.902. The van der Waals surface area contributed by atoms with Gasteiger partial charge in [-0.1, -0.05) is 12.1 Å². The van der Waals surface area contributed by atoms with Crippen LogP contribution in [-0.2, 0) is 17.1 Å². The fourth-order valence-corrected chi connectivity index (χ4v) is 4.09. The molecule has 1 aliphatic heterocycles. The topological polar surface area (TPSA) is 75.4 Å². The summed E-state index contributed by atoms with van der Waals surface area (Å²) in [6.45, 7) is 0.145. The minimum absolute atomic E-state index is 0.000943. The zero-order valence-electron chi connectivity index (χ0n) is 11.9. The van der Waals surface area contributed by atoms with Crippen molar-refractivity contribution in [1.29, 1.82) is 0 Å². The molecule has 0 amide bonds. The monoisotopic (exact) mass is 325 g/mol. The van der Waals surface area contributed by atoms with Gasteiger partial charge in [0.1, 0.15) is 5.82 Å². The third-order valence-corrected chi connectivity index (χ3v) is 5.56. The smallest absolute Gasteiger partial charge is 0.262 e. The van der Waals surface area contributed by atoms with Crippen molar-refractivity contribution >= 4 is 10.0 Å². The summed E-state index contributed by atoms with van der Waals surface area (Å²) >= 11 is 0. The number of rotatable bonds is 3. The molecule has 6 nitrogen and oxygen atoms in total. The Balaban J connectivity index is 1.85. The second-order valence-electron chi connectivity index (χ2n) is 5.42. The summed E-state index contributed by atoms with van der Waals surface area (Å²) in [6.07, 6.45) is 2.01. The summed E-state index contributed by atoms with van der Waals surface area (Å²) < 4.78 is 40.8. The molecule has 118 valence electrons. The van der Waals surface area contributed by atoms with Crippen molar-refractivity contribution < 1.29 is 17.9 Å². The zero-order valence-corrected chi connectivity index (χ0v) is 12.7. The van der Waals surface area contributed by atoms with Gasteiger partial charge in [0, 0.05) is 32.3 Å². The van der Waals surface area contributed by atoms with Crippen molar-refractivity contribution in [3.8, 4) is 0 Å². The highest BCUT2D eigenvalue weighted by Crippen LogP contribution is 2.31. The number of halogens is 1. The van der Waals surface area contributed by atoms with E-state index in [0.717, 1.165) is 0 Å². The second-order valence-corrected chi connectivity index (χ2v) is 7.31. The van der Waals surface area contributed by atoms with Crippen LogP contribution in [0.1, 0.15) is 11.5 Å². The number of aryl methyl sites for hydroxylation is 1. The number of imidazole rings is 1.